The maximum atomic E-state index is 14.1. The van der Waals surface area contributed by atoms with Gasteiger partial charge < -0.3 is 29.5 Å². The number of rotatable bonds is 6. The zero-order valence-corrected chi connectivity index (χ0v) is 24.2. The molecule has 2 saturated heterocycles. The van der Waals surface area contributed by atoms with Crippen molar-refractivity contribution >= 4 is 24.1 Å². The number of hydrogen-bond donors (Lipinski definition) is 2. The van der Waals surface area contributed by atoms with E-state index in [0.717, 1.165) is 38.8 Å². The summed E-state index contributed by atoms with van der Waals surface area (Å²) in [4.78, 5) is 49.7. The number of amides is 3. The first kappa shape index (κ1) is 29.9. The molecular formula is C28H45N7O5. The van der Waals surface area contributed by atoms with Gasteiger partial charge in [-0.3, -0.25) is 10.1 Å². The van der Waals surface area contributed by atoms with Gasteiger partial charge in [-0.25, -0.2) is 14.6 Å². The molecule has 4 rings (SSSR count). The van der Waals surface area contributed by atoms with Gasteiger partial charge in [-0.1, -0.05) is 32.1 Å². The number of carbonyl (C=O) groups excluding carboxylic acids is 3. The lowest BCUT2D eigenvalue weighted by molar-refractivity contribution is -0.125. The lowest BCUT2D eigenvalue weighted by Crippen LogP contribution is -2.58. The molecule has 3 amide bonds. The molecule has 222 valence electrons. The number of nitrogens with zero attached hydrogens (tertiary/aromatic N) is 5. The molecule has 2 unspecified atom stereocenters. The van der Waals surface area contributed by atoms with Gasteiger partial charge in [0.2, 0.25) is 11.9 Å². The number of nitriles is 1. The van der Waals surface area contributed by atoms with Gasteiger partial charge in [0.05, 0.1) is 19.3 Å². The highest BCUT2D eigenvalue weighted by molar-refractivity contribution is 5.99. The number of alkyl carbamates (subject to hydrolysis) is 1. The summed E-state index contributed by atoms with van der Waals surface area (Å²) >= 11 is 0. The van der Waals surface area contributed by atoms with Crippen molar-refractivity contribution in [1.82, 2.24) is 25.3 Å². The number of carbonyl (C=O) groups is 3. The minimum atomic E-state index is -1.05. The van der Waals surface area contributed by atoms with Gasteiger partial charge in [0.25, 0.3) is 0 Å². The molecule has 2 heterocycles. The van der Waals surface area contributed by atoms with Crippen LogP contribution in [0.15, 0.2) is 4.99 Å². The molecule has 2 aliphatic heterocycles. The van der Waals surface area contributed by atoms with Crippen LogP contribution < -0.4 is 10.6 Å². The van der Waals surface area contributed by atoms with Crippen molar-refractivity contribution in [3.05, 3.63) is 0 Å². The van der Waals surface area contributed by atoms with E-state index < -0.39 is 17.2 Å². The number of likely N-dealkylation sites (tertiary alicyclic amines) is 1. The number of piperidine rings is 1. The summed E-state index contributed by atoms with van der Waals surface area (Å²) in [5.74, 6) is 0.477. The second-order valence-corrected chi connectivity index (χ2v) is 11.5. The molecule has 12 nitrogen and oxygen atoms in total. The van der Waals surface area contributed by atoms with E-state index in [1.54, 1.807) is 18.7 Å². The van der Waals surface area contributed by atoms with Gasteiger partial charge in [-0.2, -0.15) is 5.26 Å². The van der Waals surface area contributed by atoms with E-state index in [9.17, 15) is 19.6 Å². The number of aliphatic imine (C=N–C) groups is 1. The van der Waals surface area contributed by atoms with E-state index in [2.05, 4.69) is 21.6 Å². The van der Waals surface area contributed by atoms with Gasteiger partial charge >= 0.3 is 12.2 Å². The van der Waals surface area contributed by atoms with E-state index in [4.69, 9.17) is 14.5 Å². The molecule has 2 atom stereocenters. The quantitative estimate of drug-likeness (QED) is 0.373. The highest BCUT2D eigenvalue weighted by Crippen LogP contribution is 2.56. The monoisotopic (exact) mass is 559 g/mol. The Balaban J connectivity index is 1.61. The van der Waals surface area contributed by atoms with Crippen molar-refractivity contribution in [2.45, 2.75) is 76.3 Å². The molecule has 40 heavy (non-hydrogen) atoms. The number of ether oxygens (including phenoxy) is 2. The number of nitrogens with one attached hydrogen (secondary N) is 2. The van der Waals surface area contributed by atoms with E-state index in [1.807, 2.05) is 11.9 Å². The Hall–Kier alpha value is -3.07. The van der Waals surface area contributed by atoms with Crippen LogP contribution in [0.3, 0.4) is 0 Å². The van der Waals surface area contributed by atoms with Crippen LogP contribution >= 0.6 is 0 Å². The van der Waals surface area contributed by atoms with Crippen molar-refractivity contribution in [2.24, 2.45) is 16.8 Å². The first-order valence-electron chi connectivity index (χ1n) is 14.9. The average Bonchev–Trinajstić information content (AvgIpc) is 3.70. The maximum Gasteiger partial charge on any atom is 0.413 e. The highest BCUT2D eigenvalue weighted by Gasteiger charge is 2.64. The first-order valence-corrected chi connectivity index (χ1v) is 14.9. The molecule has 0 bridgehead atoms. The fourth-order valence-corrected chi connectivity index (χ4v) is 6.34. The molecule has 2 aliphatic carbocycles. The molecule has 2 N–H and O–H groups in total. The first-order chi connectivity index (χ1) is 19.3. The highest BCUT2D eigenvalue weighted by atomic mass is 16.6. The van der Waals surface area contributed by atoms with Crippen molar-refractivity contribution in [2.75, 3.05) is 59.5 Å². The molecule has 12 heteroatoms. The minimum Gasteiger partial charge on any atom is -0.450 e. The Labute approximate surface area is 237 Å². The fraction of sp³-hybridized carbons (Fsp3) is 0.821. The predicted octanol–water partition coefficient (Wildman–Crippen LogP) is 2.31. The van der Waals surface area contributed by atoms with Crippen molar-refractivity contribution in [3.63, 3.8) is 0 Å². The molecule has 0 spiro atoms. The van der Waals surface area contributed by atoms with Gasteiger partial charge in [0, 0.05) is 39.3 Å². The third kappa shape index (κ3) is 6.79. The Bertz CT molecular complexity index is 991. The summed E-state index contributed by atoms with van der Waals surface area (Å²) in [5, 5.41) is 16.0. The molecule has 0 aromatic heterocycles. The van der Waals surface area contributed by atoms with E-state index in [0.29, 0.717) is 58.0 Å². The summed E-state index contributed by atoms with van der Waals surface area (Å²) in [6.07, 6.45) is 6.30. The van der Waals surface area contributed by atoms with Crippen LogP contribution in [0, 0.1) is 23.2 Å². The molecule has 2 saturated carbocycles. The van der Waals surface area contributed by atoms with Crippen LogP contribution in [0.1, 0.15) is 65.2 Å². The standard InChI is InChI=1S/C28H45N7O5/c1-4-39-25(37)30-24(34-15-17-35(18-16-34)26(38)40-5-2)32-28(19-22(28)21-9-7-6-8-10-21)23(36)31-27(20-29)11-13-33(3)14-12-27/h21-22H,4-19H2,1-3H3,(H,31,36)(H,30,32,37). The Morgan fingerprint density at radius 1 is 0.950 bits per heavy atom. The van der Waals surface area contributed by atoms with Crippen LogP contribution in [0.25, 0.3) is 0 Å². The zero-order chi connectivity index (χ0) is 28.8. The Morgan fingerprint density at radius 2 is 1.57 bits per heavy atom. The van der Waals surface area contributed by atoms with E-state index in [1.165, 1.54) is 6.42 Å². The predicted molar refractivity (Wildman–Crippen MR) is 148 cm³/mol. The van der Waals surface area contributed by atoms with Crippen molar-refractivity contribution < 1.29 is 23.9 Å². The maximum absolute atomic E-state index is 14.1. The van der Waals surface area contributed by atoms with Crippen LogP contribution in [0.5, 0.6) is 0 Å². The molecule has 0 aromatic rings. The van der Waals surface area contributed by atoms with Crippen molar-refractivity contribution in [1.29, 1.82) is 5.26 Å². The van der Waals surface area contributed by atoms with Gasteiger partial charge in [-0.15, -0.1) is 0 Å². The summed E-state index contributed by atoms with van der Waals surface area (Å²) in [6.45, 7) is 7.11. The summed E-state index contributed by atoms with van der Waals surface area (Å²) in [7, 11) is 2.02. The summed E-state index contributed by atoms with van der Waals surface area (Å²) in [6, 6.07) is 2.40. The van der Waals surface area contributed by atoms with Gasteiger partial charge in [0.15, 0.2) is 0 Å². The number of guanidine groups is 1. The van der Waals surface area contributed by atoms with Crippen molar-refractivity contribution in [3.8, 4) is 6.07 Å². The van der Waals surface area contributed by atoms with E-state index >= 15 is 0 Å². The second-order valence-electron chi connectivity index (χ2n) is 11.5. The largest absolute Gasteiger partial charge is 0.450 e. The lowest BCUT2D eigenvalue weighted by Gasteiger charge is -2.38. The number of piperazine rings is 1. The van der Waals surface area contributed by atoms with Crippen LogP contribution in [0.4, 0.5) is 9.59 Å². The minimum absolute atomic E-state index is 0.0506. The van der Waals surface area contributed by atoms with Gasteiger partial charge in [0.1, 0.15) is 11.1 Å². The second kappa shape index (κ2) is 13.1. The number of hydrogen-bond acceptors (Lipinski definition) is 8. The summed E-state index contributed by atoms with van der Waals surface area (Å²) < 4.78 is 10.3. The average molecular weight is 560 g/mol. The van der Waals surface area contributed by atoms with Crippen LogP contribution in [-0.2, 0) is 14.3 Å². The summed E-state index contributed by atoms with van der Waals surface area (Å²) in [5.41, 5.74) is -1.98. The molecule has 0 aromatic carbocycles. The molecule has 4 fully saturated rings. The fourth-order valence-electron chi connectivity index (χ4n) is 6.34. The topological polar surface area (TPSA) is 140 Å². The van der Waals surface area contributed by atoms with Crippen LogP contribution in [0.2, 0.25) is 0 Å². The van der Waals surface area contributed by atoms with Gasteiger partial charge in [-0.05, 0) is 52.0 Å². The third-order valence-electron chi connectivity index (χ3n) is 8.90. The Morgan fingerprint density at radius 3 is 2.17 bits per heavy atom. The van der Waals surface area contributed by atoms with E-state index in [-0.39, 0.29) is 30.5 Å². The van der Waals surface area contributed by atoms with Crippen LogP contribution in [-0.4, -0.2) is 109 Å². The third-order valence-corrected chi connectivity index (χ3v) is 8.90. The molecule has 0 radical (unpaired) electrons. The smallest absolute Gasteiger partial charge is 0.413 e. The zero-order valence-electron chi connectivity index (χ0n) is 24.2. The molecule has 4 aliphatic rings. The SMILES string of the molecule is CCOC(=O)NC(=NC1(C(=O)NC2(C#N)CCN(C)CC2)CC1C1CCCCC1)N1CCN(C(=O)OCC)CC1. The molecular weight excluding hydrogens is 514 g/mol. The Kier molecular flexibility index (Phi) is 9.77. The normalized spacial score (nSPS) is 27.4. The lowest BCUT2D eigenvalue weighted by atomic mass is 9.83.